The summed E-state index contributed by atoms with van der Waals surface area (Å²) in [6.45, 7) is 0.567. The molecular formula is C24H21F2N7O2S2. The molecule has 3 aromatic heterocycles. The summed E-state index contributed by atoms with van der Waals surface area (Å²) in [6, 6.07) is 10.8. The van der Waals surface area contributed by atoms with Crippen molar-refractivity contribution < 1.29 is 17.2 Å². The third-order valence-electron chi connectivity index (χ3n) is 5.48. The zero-order chi connectivity index (χ0) is 26.0. The molecule has 190 valence electrons. The first-order valence-corrected chi connectivity index (χ1v) is 13.5. The topological polar surface area (TPSA) is 127 Å². The van der Waals surface area contributed by atoms with E-state index < -0.39 is 21.7 Å². The lowest BCUT2D eigenvalue weighted by molar-refractivity contribution is 0.579. The zero-order valence-corrected chi connectivity index (χ0v) is 20.9. The number of hydrogen-bond donors (Lipinski definition) is 3. The van der Waals surface area contributed by atoms with Gasteiger partial charge in [-0.05, 0) is 55.0 Å². The van der Waals surface area contributed by atoms with Crippen molar-refractivity contribution >= 4 is 38.0 Å². The van der Waals surface area contributed by atoms with Crippen molar-refractivity contribution in [1.29, 1.82) is 0 Å². The van der Waals surface area contributed by atoms with E-state index in [1.807, 2.05) is 16.0 Å². The molecule has 4 N–H and O–H groups in total. The van der Waals surface area contributed by atoms with Gasteiger partial charge in [-0.3, -0.25) is 4.40 Å². The zero-order valence-electron chi connectivity index (χ0n) is 19.2. The normalized spacial score (nSPS) is 11.7. The number of anilines is 2. The molecule has 0 unspecified atom stereocenters. The minimum atomic E-state index is -3.73. The molecule has 5 aromatic rings. The molecular weight excluding hydrogens is 520 g/mol. The number of nitrogens with zero attached hydrogens (tertiary/aromatic N) is 4. The van der Waals surface area contributed by atoms with Gasteiger partial charge in [-0.15, -0.1) is 11.3 Å². The number of imidazole rings is 1. The summed E-state index contributed by atoms with van der Waals surface area (Å²) in [5.41, 5.74) is 8.39. The Hall–Kier alpha value is -3.94. The van der Waals surface area contributed by atoms with Crippen LogP contribution in [0.4, 0.5) is 20.4 Å². The summed E-state index contributed by atoms with van der Waals surface area (Å²) in [5.74, 6) is -0.650. The molecule has 3 heterocycles. The van der Waals surface area contributed by atoms with Gasteiger partial charge in [0.15, 0.2) is 4.96 Å². The quantitative estimate of drug-likeness (QED) is 0.189. The van der Waals surface area contributed by atoms with Gasteiger partial charge in [0.2, 0.25) is 16.0 Å². The molecule has 0 spiro atoms. The minimum absolute atomic E-state index is 0.00263. The van der Waals surface area contributed by atoms with Gasteiger partial charge in [0.1, 0.15) is 17.3 Å². The fourth-order valence-electron chi connectivity index (χ4n) is 3.69. The highest BCUT2D eigenvalue weighted by Gasteiger charge is 2.19. The van der Waals surface area contributed by atoms with Gasteiger partial charge < -0.3 is 11.1 Å². The molecule has 5 rings (SSSR count). The standard InChI is InChI=1S/C24H21F2N7O2S2/c25-16-3-5-17(6-4-16)37(34,35)30-10-1-9-28-23-29-11-8-20(31-23)22-21(32-24-33(22)12-13-36-24)15-2-7-18(26)19(27)14-15/h2-8,11-14,30H,1,9-10,27H2,(H,28,29,31). The average Bonchev–Trinajstić information content (AvgIpc) is 3.47. The molecule has 0 fully saturated rings. The molecule has 0 aliphatic carbocycles. The summed E-state index contributed by atoms with van der Waals surface area (Å²) in [7, 11) is -3.73. The van der Waals surface area contributed by atoms with E-state index in [1.165, 1.54) is 29.5 Å². The number of benzene rings is 2. The Morgan fingerprint density at radius 3 is 2.62 bits per heavy atom. The van der Waals surface area contributed by atoms with Crippen LogP contribution in [0.3, 0.4) is 0 Å². The molecule has 0 atom stereocenters. The predicted octanol–water partition coefficient (Wildman–Crippen LogP) is 4.16. The number of sulfonamides is 1. The minimum Gasteiger partial charge on any atom is -0.396 e. The second kappa shape index (κ2) is 10.2. The predicted molar refractivity (Wildman–Crippen MR) is 139 cm³/mol. The smallest absolute Gasteiger partial charge is 0.240 e. The van der Waals surface area contributed by atoms with Crippen molar-refractivity contribution in [2.75, 3.05) is 24.1 Å². The summed E-state index contributed by atoms with van der Waals surface area (Å²) in [4.78, 5) is 14.3. The first-order chi connectivity index (χ1) is 17.8. The van der Waals surface area contributed by atoms with Crippen LogP contribution in [-0.2, 0) is 10.0 Å². The van der Waals surface area contributed by atoms with Gasteiger partial charge >= 0.3 is 0 Å². The van der Waals surface area contributed by atoms with Gasteiger partial charge in [-0.1, -0.05) is 0 Å². The molecule has 0 aliphatic rings. The van der Waals surface area contributed by atoms with E-state index >= 15 is 0 Å². The van der Waals surface area contributed by atoms with Gasteiger partial charge in [0.05, 0.1) is 22.0 Å². The Bertz CT molecular complexity index is 1670. The third-order valence-corrected chi connectivity index (χ3v) is 7.72. The highest BCUT2D eigenvalue weighted by molar-refractivity contribution is 7.89. The van der Waals surface area contributed by atoms with Gasteiger partial charge in [-0.25, -0.2) is 36.9 Å². The van der Waals surface area contributed by atoms with Crippen LogP contribution < -0.4 is 15.8 Å². The fourth-order valence-corrected chi connectivity index (χ4v) is 5.48. The fraction of sp³-hybridized carbons (Fsp3) is 0.125. The SMILES string of the molecule is Nc1cc(-c2nc3sccn3c2-c2ccnc(NCCCNS(=O)(=O)c3ccc(F)cc3)n2)ccc1F. The molecule has 0 saturated heterocycles. The first kappa shape index (κ1) is 24.7. The van der Waals surface area contributed by atoms with Crippen LogP contribution in [0.1, 0.15) is 6.42 Å². The lowest BCUT2D eigenvalue weighted by Gasteiger charge is -2.09. The Morgan fingerprint density at radius 1 is 1.03 bits per heavy atom. The molecule has 13 heteroatoms. The van der Waals surface area contributed by atoms with Crippen LogP contribution in [0.15, 0.2) is 71.2 Å². The summed E-state index contributed by atoms with van der Waals surface area (Å²) in [5, 5.41) is 5.00. The van der Waals surface area contributed by atoms with Crippen LogP contribution in [0.25, 0.3) is 27.6 Å². The monoisotopic (exact) mass is 541 g/mol. The maximum absolute atomic E-state index is 13.7. The van der Waals surface area contributed by atoms with E-state index in [2.05, 4.69) is 20.0 Å². The van der Waals surface area contributed by atoms with E-state index in [-0.39, 0.29) is 17.1 Å². The number of thiazole rings is 1. The first-order valence-electron chi connectivity index (χ1n) is 11.2. The second-order valence-electron chi connectivity index (χ2n) is 8.00. The molecule has 0 saturated carbocycles. The van der Waals surface area contributed by atoms with E-state index in [0.717, 1.165) is 17.1 Å². The molecule has 0 amide bonds. The number of aromatic nitrogens is 4. The molecule has 0 aliphatic heterocycles. The highest BCUT2D eigenvalue weighted by atomic mass is 32.2. The Morgan fingerprint density at radius 2 is 1.84 bits per heavy atom. The number of rotatable bonds is 9. The number of hydrogen-bond acceptors (Lipinski definition) is 8. The number of nitrogens with one attached hydrogen (secondary N) is 2. The number of halogens is 2. The van der Waals surface area contributed by atoms with E-state index in [4.69, 9.17) is 10.7 Å². The third kappa shape index (κ3) is 5.28. The van der Waals surface area contributed by atoms with Crippen molar-refractivity contribution in [1.82, 2.24) is 24.1 Å². The van der Waals surface area contributed by atoms with Gasteiger partial charge in [-0.2, -0.15) is 0 Å². The summed E-state index contributed by atoms with van der Waals surface area (Å²) < 4.78 is 55.8. The number of nitrogen functional groups attached to an aromatic ring is 1. The second-order valence-corrected chi connectivity index (χ2v) is 10.6. The van der Waals surface area contributed by atoms with Crippen molar-refractivity contribution in [3.05, 3.63) is 77.9 Å². The lowest BCUT2D eigenvalue weighted by Crippen LogP contribution is -2.26. The maximum Gasteiger partial charge on any atom is 0.240 e. The van der Waals surface area contributed by atoms with Crippen LogP contribution >= 0.6 is 11.3 Å². The van der Waals surface area contributed by atoms with Gasteiger partial charge in [0, 0.05) is 36.4 Å². The van der Waals surface area contributed by atoms with Crippen molar-refractivity contribution in [3.63, 3.8) is 0 Å². The van der Waals surface area contributed by atoms with Crippen molar-refractivity contribution in [3.8, 4) is 22.6 Å². The van der Waals surface area contributed by atoms with Crippen LogP contribution in [-0.4, -0.2) is 40.9 Å². The molecule has 0 bridgehead atoms. The highest BCUT2D eigenvalue weighted by Crippen LogP contribution is 2.34. The van der Waals surface area contributed by atoms with Crippen LogP contribution in [0.2, 0.25) is 0 Å². The van der Waals surface area contributed by atoms with E-state index in [0.29, 0.717) is 41.6 Å². The Kier molecular flexibility index (Phi) is 6.82. The van der Waals surface area contributed by atoms with E-state index in [1.54, 1.807) is 24.4 Å². The Labute approximate surface area is 215 Å². The largest absolute Gasteiger partial charge is 0.396 e. The summed E-state index contributed by atoms with van der Waals surface area (Å²) in [6.07, 6.45) is 3.94. The summed E-state index contributed by atoms with van der Waals surface area (Å²) >= 11 is 1.46. The molecule has 2 aromatic carbocycles. The van der Waals surface area contributed by atoms with Crippen molar-refractivity contribution in [2.45, 2.75) is 11.3 Å². The van der Waals surface area contributed by atoms with E-state index in [9.17, 15) is 17.2 Å². The number of fused-ring (bicyclic) bond motifs is 1. The molecule has 9 nitrogen and oxygen atoms in total. The van der Waals surface area contributed by atoms with Gasteiger partial charge in [0.25, 0.3) is 0 Å². The van der Waals surface area contributed by atoms with Crippen LogP contribution in [0, 0.1) is 11.6 Å². The maximum atomic E-state index is 13.7. The molecule has 0 radical (unpaired) electrons. The van der Waals surface area contributed by atoms with Crippen LogP contribution in [0.5, 0.6) is 0 Å². The average molecular weight is 542 g/mol. The lowest BCUT2D eigenvalue weighted by atomic mass is 10.1. The van der Waals surface area contributed by atoms with Crippen molar-refractivity contribution in [2.24, 2.45) is 0 Å². The number of nitrogens with two attached hydrogens (primary N) is 1. The Balaban J connectivity index is 1.29. The molecule has 37 heavy (non-hydrogen) atoms.